The summed E-state index contributed by atoms with van der Waals surface area (Å²) in [5.74, 6) is 0. The van der Waals surface area contributed by atoms with Gasteiger partial charge in [0, 0.05) is 36.0 Å². The van der Waals surface area contributed by atoms with Crippen molar-refractivity contribution in [2.24, 2.45) is 0 Å². The minimum atomic E-state index is -0.189. The second-order valence-electron chi connectivity index (χ2n) is 7.68. The van der Waals surface area contributed by atoms with E-state index in [0.29, 0.717) is 23.3 Å². The summed E-state index contributed by atoms with van der Waals surface area (Å²) in [6.45, 7) is 0. The van der Waals surface area contributed by atoms with Crippen molar-refractivity contribution < 1.29 is 0 Å². The van der Waals surface area contributed by atoms with Crippen LogP contribution in [0.5, 0.6) is 0 Å². The van der Waals surface area contributed by atoms with Gasteiger partial charge in [0.2, 0.25) is 5.56 Å². The highest BCUT2D eigenvalue weighted by Crippen LogP contribution is 2.33. The summed E-state index contributed by atoms with van der Waals surface area (Å²) in [5.41, 5.74) is 2.47. The number of aromatic nitrogens is 3. The van der Waals surface area contributed by atoms with Gasteiger partial charge in [-0.2, -0.15) is 0 Å². The monoisotopic (exact) mass is 362 g/mol. The third-order valence-corrected chi connectivity index (χ3v) is 5.91. The number of nitrogens with one attached hydrogen (secondary N) is 2. The van der Waals surface area contributed by atoms with Crippen LogP contribution in [-0.4, -0.2) is 26.6 Å². The highest BCUT2D eigenvalue weighted by molar-refractivity contribution is 5.77. The molecule has 4 heterocycles. The lowest BCUT2D eigenvalue weighted by Gasteiger charge is -2.41. The number of pyridine rings is 1. The van der Waals surface area contributed by atoms with Crippen LogP contribution in [0.15, 0.2) is 52.2 Å². The van der Waals surface area contributed by atoms with Gasteiger partial charge < -0.3 is 14.9 Å². The molecule has 2 bridgehead atoms. The van der Waals surface area contributed by atoms with Crippen molar-refractivity contribution in [1.82, 2.24) is 19.9 Å². The highest BCUT2D eigenvalue weighted by Gasteiger charge is 2.33. The fourth-order valence-electron chi connectivity index (χ4n) is 4.71. The summed E-state index contributed by atoms with van der Waals surface area (Å²) in [7, 11) is 0. The maximum absolute atomic E-state index is 13.5. The zero-order valence-electron chi connectivity index (χ0n) is 15.0. The van der Waals surface area contributed by atoms with Gasteiger partial charge in [-0.15, -0.1) is 0 Å². The zero-order chi connectivity index (χ0) is 18.4. The zero-order valence-corrected chi connectivity index (χ0v) is 15.0. The minimum Gasteiger partial charge on any atom is -0.328 e. The van der Waals surface area contributed by atoms with Crippen molar-refractivity contribution in [3.05, 3.63) is 63.3 Å². The lowest BCUT2D eigenvalue weighted by molar-refractivity contribution is 0.189. The molecule has 2 atom stereocenters. The maximum atomic E-state index is 13.5. The second kappa shape index (κ2) is 6.46. The van der Waals surface area contributed by atoms with E-state index in [1.165, 1.54) is 25.3 Å². The van der Waals surface area contributed by atoms with Gasteiger partial charge in [0.1, 0.15) is 5.69 Å². The van der Waals surface area contributed by atoms with Crippen LogP contribution in [0.2, 0.25) is 0 Å². The molecule has 1 aromatic carbocycles. The van der Waals surface area contributed by atoms with Crippen molar-refractivity contribution in [1.29, 1.82) is 0 Å². The molecule has 6 nitrogen and oxygen atoms in total. The van der Waals surface area contributed by atoms with Crippen molar-refractivity contribution in [3.8, 4) is 11.3 Å². The number of H-pyrrole nitrogens is 1. The lowest BCUT2D eigenvalue weighted by Crippen LogP contribution is -2.50. The normalized spacial score (nSPS) is 24.8. The molecular weight excluding hydrogens is 340 g/mol. The Labute approximate surface area is 156 Å². The molecule has 0 amide bonds. The van der Waals surface area contributed by atoms with Gasteiger partial charge in [-0.1, -0.05) is 18.6 Å². The number of aromatic amines is 1. The van der Waals surface area contributed by atoms with Gasteiger partial charge in [-0.05, 0) is 43.9 Å². The van der Waals surface area contributed by atoms with E-state index in [0.717, 1.165) is 23.9 Å². The van der Waals surface area contributed by atoms with Gasteiger partial charge in [0.25, 0.3) is 5.56 Å². The molecule has 5 rings (SSSR count). The van der Waals surface area contributed by atoms with E-state index < -0.39 is 0 Å². The Hall–Kier alpha value is -2.73. The number of benzene rings is 1. The van der Waals surface area contributed by atoms with Gasteiger partial charge in [0.15, 0.2) is 0 Å². The van der Waals surface area contributed by atoms with Crippen LogP contribution in [0, 0.1) is 0 Å². The van der Waals surface area contributed by atoms with E-state index in [2.05, 4.69) is 15.3 Å². The van der Waals surface area contributed by atoms with Gasteiger partial charge in [-0.25, -0.2) is 4.98 Å². The Bertz CT molecular complexity index is 1080. The molecule has 3 aromatic rings. The number of hydrogen-bond donors (Lipinski definition) is 2. The third kappa shape index (κ3) is 2.90. The predicted octanol–water partition coefficient (Wildman–Crippen LogP) is 2.60. The van der Waals surface area contributed by atoms with Crippen molar-refractivity contribution in [3.63, 3.8) is 0 Å². The Morgan fingerprint density at radius 1 is 1.00 bits per heavy atom. The molecule has 2 fully saturated rings. The average Bonchev–Trinajstić information content (AvgIpc) is 2.68. The summed E-state index contributed by atoms with van der Waals surface area (Å²) >= 11 is 0. The van der Waals surface area contributed by atoms with Gasteiger partial charge in [0.05, 0.1) is 11.0 Å². The minimum absolute atomic E-state index is 0.0780. The smallest absolute Gasteiger partial charge is 0.277 e. The predicted molar refractivity (Wildman–Crippen MR) is 105 cm³/mol. The number of hydrogen-bond acceptors (Lipinski definition) is 4. The van der Waals surface area contributed by atoms with Crippen molar-refractivity contribution in [2.75, 3.05) is 0 Å². The van der Waals surface area contributed by atoms with Crippen LogP contribution in [-0.2, 0) is 0 Å². The fourth-order valence-corrected chi connectivity index (χ4v) is 4.71. The lowest BCUT2D eigenvalue weighted by atomic mass is 9.84. The Morgan fingerprint density at radius 2 is 1.78 bits per heavy atom. The molecule has 2 aliphatic heterocycles. The number of fused-ring (bicyclic) bond motifs is 3. The molecule has 2 N–H and O–H groups in total. The standard InChI is InChI=1S/C21H22N4O2/c26-19-9-8-13(12-22-19)20-21(27)25(18-7-2-1-6-17(18)24-20)16-10-14-4-3-5-15(11-16)23-14/h1-2,6-9,12,14-16,23H,3-5,10-11H2,(H,22,26). The molecule has 0 spiro atoms. The Balaban J connectivity index is 1.70. The molecule has 2 aliphatic rings. The van der Waals surface area contributed by atoms with Crippen LogP contribution in [0.4, 0.5) is 0 Å². The third-order valence-electron chi connectivity index (χ3n) is 5.91. The molecule has 138 valence electrons. The first-order valence-corrected chi connectivity index (χ1v) is 9.65. The van der Waals surface area contributed by atoms with Crippen LogP contribution < -0.4 is 16.4 Å². The van der Waals surface area contributed by atoms with E-state index in [4.69, 9.17) is 0 Å². The van der Waals surface area contributed by atoms with E-state index in [1.807, 2.05) is 28.8 Å². The molecular formula is C21H22N4O2. The van der Waals surface area contributed by atoms with E-state index in [-0.39, 0.29) is 17.2 Å². The van der Waals surface area contributed by atoms with E-state index in [9.17, 15) is 9.59 Å². The summed E-state index contributed by atoms with van der Waals surface area (Å²) in [6, 6.07) is 12.1. The fraction of sp³-hybridized carbons (Fsp3) is 0.381. The number of rotatable bonds is 2. The quantitative estimate of drug-likeness (QED) is 0.734. The van der Waals surface area contributed by atoms with Crippen molar-refractivity contribution >= 4 is 11.0 Å². The SMILES string of the molecule is O=c1ccc(-c2nc3ccccc3n(C3CC4CCCC(C3)N4)c2=O)c[nH]1. The number of nitrogens with zero attached hydrogens (tertiary/aromatic N) is 2. The first-order valence-electron chi connectivity index (χ1n) is 9.65. The number of para-hydroxylation sites is 2. The molecule has 2 aromatic heterocycles. The molecule has 0 saturated carbocycles. The molecule has 0 aliphatic carbocycles. The summed E-state index contributed by atoms with van der Waals surface area (Å²) in [4.78, 5) is 32.2. The topological polar surface area (TPSA) is 79.8 Å². The van der Waals surface area contributed by atoms with E-state index >= 15 is 0 Å². The van der Waals surface area contributed by atoms with Crippen LogP contribution >= 0.6 is 0 Å². The highest BCUT2D eigenvalue weighted by atomic mass is 16.1. The molecule has 0 radical (unpaired) electrons. The largest absolute Gasteiger partial charge is 0.328 e. The van der Waals surface area contributed by atoms with E-state index in [1.54, 1.807) is 12.3 Å². The summed E-state index contributed by atoms with van der Waals surface area (Å²) in [5, 5.41) is 3.70. The van der Waals surface area contributed by atoms with Crippen LogP contribution in [0.25, 0.3) is 22.3 Å². The Morgan fingerprint density at radius 3 is 2.52 bits per heavy atom. The molecule has 2 unspecified atom stereocenters. The molecule has 6 heteroatoms. The second-order valence-corrected chi connectivity index (χ2v) is 7.68. The Kier molecular flexibility index (Phi) is 3.93. The van der Waals surface area contributed by atoms with Crippen molar-refractivity contribution in [2.45, 2.75) is 50.2 Å². The summed E-state index contributed by atoms with van der Waals surface area (Å²) < 4.78 is 1.95. The van der Waals surface area contributed by atoms with Gasteiger partial charge >= 0.3 is 0 Å². The van der Waals surface area contributed by atoms with Crippen LogP contribution in [0.3, 0.4) is 0 Å². The maximum Gasteiger partial charge on any atom is 0.277 e. The summed E-state index contributed by atoms with van der Waals surface area (Å²) in [6.07, 6.45) is 7.13. The first-order chi connectivity index (χ1) is 13.2. The van der Waals surface area contributed by atoms with Crippen LogP contribution in [0.1, 0.15) is 38.1 Å². The first kappa shape index (κ1) is 16.4. The molecule has 27 heavy (non-hydrogen) atoms. The number of piperidine rings is 2. The molecule has 2 saturated heterocycles. The van der Waals surface area contributed by atoms with Gasteiger partial charge in [-0.3, -0.25) is 9.59 Å². The average molecular weight is 362 g/mol.